The van der Waals surface area contributed by atoms with Crippen molar-refractivity contribution in [3.05, 3.63) is 0 Å². The molecule has 7 heteroatoms. The topological polar surface area (TPSA) is 102 Å². The maximum Gasteiger partial charge on any atom is 0.303 e. The number of ether oxygens (including phenoxy) is 2. The standard InChI is InChI=1S/C26H39NO6/c1-17(29)32-15-22(27-16-28)26(33-18(2)30)12-10-20-21-9-8-19-7-5-6-11-23(19,3)25(21,31)14-13-24(20,26)4/h16,19-21,31H,5-15H2,1-4H3/t19?,20-,21-,23-,24-,25+,26-/m0/s1. The highest BCUT2D eigenvalue weighted by Gasteiger charge is 2.71. The number of aliphatic imine (C=N–C) groups is 1. The normalized spacial score (nSPS) is 44.8. The minimum absolute atomic E-state index is 0.0837. The summed E-state index contributed by atoms with van der Waals surface area (Å²) in [5.74, 6) is -0.119. The van der Waals surface area contributed by atoms with Gasteiger partial charge >= 0.3 is 11.9 Å². The highest BCUT2D eigenvalue weighted by molar-refractivity contribution is 6.00. The van der Waals surface area contributed by atoms with Gasteiger partial charge in [-0.25, -0.2) is 4.99 Å². The molecule has 1 unspecified atom stereocenters. The Bertz CT molecular complexity index is 856. The maximum atomic E-state index is 12.3. The van der Waals surface area contributed by atoms with E-state index in [9.17, 15) is 19.5 Å². The van der Waals surface area contributed by atoms with E-state index in [-0.39, 0.29) is 23.9 Å². The lowest BCUT2D eigenvalue weighted by Gasteiger charge is -2.65. The predicted molar refractivity (Wildman–Crippen MR) is 122 cm³/mol. The molecule has 4 aliphatic carbocycles. The van der Waals surface area contributed by atoms with E-state index in [1.54, 1.807) is 0 Å². The molecule has 4 aliphatic rings. The van der Waals surface area contributed by atoms with Crippen LogP contribution in [-0.4, -0.2) is 47.0 Å². The van der Waals surface area contributed by atoms with Crippen LogP contribution in [0.1, 0.15) is 91.9 Å². The SMILES string of the molecule is CC(=O)OCC(=NC=O)[C@@]1(OC(C)=O)CC[C@H]2[C@@H]3CCC4CCCC[C@]4(C)[C@@]3(O)CC[C@@]21C. The molecule has 33 heavy (non-hydrogen) atoms. The van der Waals surface area contributed by atoms with Crippen LogP contribution in [0.25, 0.3) is 0 Å². The quantitative estimate of drug-likeness (QED) is 0.377. The number of hydrogen-bond donors (Lipinski definition) is 1. The molecule has 184 valence electrons. The molecule has 1 amide bonds. The van der Waals surface area contributed by atoms with E-state index in [0.717, 1.165) is 25.7 Å². The second kappa shape index (κ2) is 8.47. The van der Waals surface area contributed by atoms with Crippen LogP contribution in [0.4, 0.5) is 0 Å². The van der Waals surface area contributed by atoms with E-state index >= 15 is 0 Å². The van der Waals surface area contributed by atoms with Gasteiger partial charge < -0.3 is 14.6 Å². The van der Waals surface area contributed by atoms with Crippen LogP contribution in [0.15, 0.2) is 4.99 Å². The third kappa shape index (κ3) is 3.48. The van der Waals surface area contributed by atoms with Crippen LogP contribution < -0.4 is 0 Å². The Kier molecular flexibility index (Phi) is 6.26. The minimum Gasteiger partial charge on any atom is -0.460 e. The van der Waals surface area contributed by atoms with Gasteiger partial charge in [-0.2, -0.15) is 0 Å². The summed E-state index contributed by atoms with van der Waals surface area (Å²) in [7, 11) is 0. The van der Waals surface area contributed by atoms with Crippen molar-refractivity contribution in [2.45, 2.75) is 103 Å². The van der Waals surface area contributed by atoms with E-state index in [4.69, 9.17) is 9.47 Å². The summed E-state index contributed by atoms with van der Waals surface area (Å²) in [6.45, 7) is 6.92. The summed E-state index contributed by atoms with van der Waals surface area (Å²) in [5, 5.41) is 12.3. The molecule has 0 aromatic heterocycles. The molecule has 4 rings (SSSR count). The molecule has 4 fully saturated rings. The first kappa shape index (κ1) is 24.4. The zero-order valence-electron chi connectivity index (χ0n) is 20.5. The number of aliphatic hydroxyl groups is 1. The Balaban J connectivity index is 1.75. The molecule has 0 radical (unpaired) electrons. The van der Waals surface area contributed by atoms with Crippen molar-refractivity contribution < 1.29 is 29.0 Å². The van der Waals surface area contributed by atoms with Crippen molar-refractivity contribution in [1.29, 1.82) is 0 Å². The number of hydrogen-bond acceptors (Lipinski definition) is 6. The summed E-state index contributed by atoms with van der Waals surface area (Å²) >= 11 is 0. The molecule has 7 nitrogen and oxygen atoms in total. The zero-order valence-corrected chi connectivity index (χ0v) is 20.5. The van der Waals surface area contributed by atoms with E-state index in [2.05, 4.69) is 18.8 Å². The summed E-state index contributed by atoms with van der Waals surface area (Å²) in [6.07, 6.45) is 9.80. The molecule has 0 bridgehead atoms. The Morgan fingerprint density at radius 1 is 0.939 bits per heavy atom. The van der Waals surface area contributed by atoms with Gasteiger partial charge in [0.1, 0.15) is 12.3 Å². The van der Waals surface area contributed by atoms with Gasteiger partial charge in [-0.3, -0.25) is 14.4 Å². The molecule has 4 saturated carbocycles. The number of carbonyl (C=O) groups is 3. The van der Waals surface area contributed by atoms with Crippen LogP contribution >= 0.6 is 0 Å². The van der Waals surface area contributed by atoms with Gasteiger partial charge in [0.25, 0.3) is 0 Å². The third-order valence-corrected chi connectivity index (χ3v) is 10.3. The average Bonchev–Trinajstić information content (AvgIpc) is 3.04. The number of nitrogens with zero attached hydrogens (tertiary/aromatic N) is 1. The predicted octanol–water partition coefficient (Wildman–Crippen LogP) is 4.00. The number of fused-ring (bicyclic) bond motifs is 5. The van der Waals surface area contributed by atoms with Crippen LogP contribution in [0.5, 0.6) is 0 Å². The minimum atomic E-state index is -1.12. The van der Waals surface area contributed by atoms with Crippen molar-refractivity contribution in [2.24, 2.45) is 33.6 Å². The fourth-order valence-corrected chi connectivity index (χ4v) is 8.67. The monoisotopic (exact) mass is 461 g/mol. The second-order valence-corrected chi connectivity index (χ2v) is 11.4. The highest BCUT2D eigenvalue weighted by Crippen LogP contribution is 2.70. The van der Waals surface area contributed by atoms with Crippen molar-refractivity contribution >= 4 is 24.1 Å². The lowest BCUT2D eigenvalue weighted by Crippen LogP contribution is -2.67. The van der Waals surface area contributed by atoms with E-state index in [1.165, 1.54) is 33.1 Å². The lowest BCUT2D eigenvalue weighted by molar-refractivity contribution is -0.242. The Morgan fingerprint density at radius 2 is 1.70 bits per heavy atom. The Morgan fingerprint density at radius 3 is 2.36 bits per heavy atom. The second-order valence-electron chi connectivity index (χ2n) is 11.4. The molecule has 0 saturated heterocycles. The molecule has 0 aromatic carbocycles. The maximum absolute atomic E-state index is 12.3. The van der Waals surface area contributed by atoms with Crippen molar-refractivity contribution in [3.63, 3.8) is 0 Å². The van der Waals surface area contributed by atoms with Gasteiger partial charge in [-0.1, -0.05) is 26.7 Å². The van der Waals surface area contributed by atoms with Crippen LogP contribution in [-0.2, 0) is 23.9 Å². The van der Waals surface area contributed by atoms with Gasteiger partial charge in [0.15, 0.2) is 5.60 Å². The van der Waals surface area contributed by atoms with Crippen LogP contribution in [0, 0.1) is 28.6 Å². The fourth-order valence-electron chi connectivity index (χ4n) is 8.67. The molecular weight excluding hydrogens is 422 g/mol. The molecule has 0 spiro atoms. The van der Waals surface area contributed by atoms with Crippen molar-refractivity contribution in [3.8, 4) is 0 Å². The summed E-state index contributed by atoms with van der Waals surface area (Å²) in [6, 6.07) is 0. The molecule has 0 aromatic rings. The fraction of sp³-hybridized carbons (Fsp3) is 0.846. The lowest BCUT2D eigenvalue weighted by atomic mass is 9.42. The Hall–Kier alpha value is -1.76. The van der Waals surface area contributed by atoms with Crippen LogP contribution in [0.3, 0.4) is 0 Å². The van der Waals surface area contributed by atoms with Gasteiger partial charge in [-0.05, 0) is 74.5 Å². The van der Waals surface area contributed by atoms with Crippen molar-refractivity contribution in [2.75, 3.05) is 6.61 Å². The first-order chi connectivity index (χ1) is 15.5. The van der Waals surface area contributed by atoms with E-state index < -0.39 is 28.6 Å². The summed E-state index contributed by atoms with van der Waals surface area (Å²) in [4.78, 5) is 39.4. The smallest absolute Gasteiger partial charge is 0.303 e. The van der Waals surface area contributed by atoms with Gasteiger partial charge in [0, 0.05) is 19.3 Å². The number of amides is 1. The highest BCUT2D eigenvalue weighted by atomic mass is 16.6. The first-order valence-electron chi connectivity index (χ1n) is 12.6. The third-order valence-electron chi connectivity index (χ3n) is 10.3. The molecule has 0 heterocycles. The van der Waals surface area contributed by atoms with E-state index in [0.29, 0.717) is 37.3 Å². The largest absolute Gasteiger partial charge is 0.460 e. The van der Waals surface area contributed by atoms with Gasteiger partial charge in [0.2, 0.25) is 6.41 Å². The summed E-state index contributed by atoms with van der Waals surface area (Å²) < 4.78 is 11.3. The number of carbonyl (C=O) groups excluding carboxylic acids is 3. The molecule has 7 atom stereocenters. The Labute approximate surface area is 196 Å². The zero-order chi connectivity index (χ0) is 24.1. The van der Waals surface area contributed by atoms with Gasteiger partial charge in [0.05, 0.1) is 5.60 Å². The first-order valence-corrected chi connectivity index (χ1v) is 12.6. The number of rotatable bonds is 5. The molecule has 1 N–H and O–H groups in total. The van der Waals surface area contributed by atoms with Gasteiger partial charge in [-0.15, -0.1) is 0 Å². The van der Waals surface area contributed by atoms with Crippen molar-refractivity contribution in [1.82, 2.24) is 0 Å². The molecular formula is C26H39NO6. The van der Waals surface area contributed by atoms with E-state index in [1.807, 2.05) is 0 Å². The summed E-state index contributed by atoms with van der Waals surface area (Å²) in [5.41, 5.74) is -2.14. The molecule has 0 aliphatic heterocycles. The number of esters is 2. The average molecular weight is 462 g/mol. The van der Waals surface area contributed by atoms with Crippen LogP contribution in [0.2, 0.25) is 0 Å².